The Morgan fingerprint density at radius 1 is 1.32 bits per heavy atom. The van der Waals surface area contributed by atoms with Crippen molar-refractivity contribution < 1.29 is 4.74 Å². The van der Waals surface area contributed by atoms with Crippen molar-refractivity contribution in [2.24, 2.45) is 0 Å². The van der Waals surface area contributed by atoms with Crippen LogP contribution in [0.15, 0.2) is 29.1 Å². The highest BCUT2D eigenvalue weighted by molar-refractivity contribution is 5.62. The summed E-state index contributed by atoms with van der Waals surface area (Å²) in [5, 5.41) is 7.55. The molecule has 0 fully saturated rings. The summed E-state index contributed by atoms with van der Waals surface area (Å²) in [6, 6.07) is 7.80. The Morgan fingerprint density at radius 3 is 2.68 bits per heavy atom. The number of benzene rings is 1. The van der Waals surface area contributed by atoms with E-state index < -0.39 is 0 Å². The molecule has 2 aromatic rings. The van der Waals surface area contributed by atoms with Crippen LogP contribution in [0.2, 0.25) is 0 Å². The van der Waals surface area contributed by atoms with Gasteiger partial charge in [-0.3, -0.25) is 4.79 Å². The van der Waals surface area contributed by atoms with Gasteiger partial charge in [0.05, 0.1) is 12.8 Å². The molecule has 0 radical (unpaired) electrons. The Bertz CT molecular complexity index is 677. The topological polar surface area (TPSA) is 56.1 Å². The Balaban J connectivity index is 2.54. The van der Waals surface area contributed by atoms with Crippen molar-refractivity contribution >= 4 is 0 Å². The fraction of sp³-hybridized carbons (Fsp3) is 0.412. The first-order valence-corrected chi connectivity index (χ1v) is 7.51. The van der Waals surface area contributed by atoms with Crippen molar-refractivity contribution in [2.75, 3.05) is 14.2 Å². The molecule has 1 heterocycles. The summed E-state index contributed by atoms with van der Waals surface area (Å²) in [4.78, 5) is 12.3. The molecular formula is C17H23N3O2. The van der Waals surface area contributed by atoms with Gasteiger partial charge in [0.1, 0.15) is 5.75 Å². The second-order valence-electron chi connectivity index (χ2n) is 5.30. The summed E-state index contributed by atoms with van der Waals surface area (Å²) < 4.78 is 6.85. The van der Waals surface area contributed by atoms with Crippen LogP contribution in [0.4, 0.5) is 0 Å². The zero-order chi connectivity index (χ0) is 16.1. The lowest BCUT2D eigenvalue weighted by Crippen LogP contribution is -2.28. The number of hydrogen-bond acceptors (Lipinski definition) is 4. The predicted molar refractivity (Wildman–Crippen MR) is 88.3 cm³/mol. The van der Waals surface area contributed by atoms with Crippen LogP contribution in [0.5, 0.6) is 5.75 Å². The third-order valence-corrected chi connectivity index (χ3v) is 3.54. The van der Waals surface area contributed by atoms with Gasteiger partial charge in [-0.25, -0.2) is 4.68 Å². The number of hydrogen-bond donors (Lipinski definition) is 1. The molecule has 0 bridgehead atoms. The molecule has 0 saturated carbocycles. The van der Waals surface area contributed by atoms with Crippen LogP contribution in [0.3, 0.4) is 0 Å². The van der Waals surface area contributed by atoms with Gasteiger partial charge in [-0.1, -0.05) is 6.92 Å². The summed E-state index contributed by atoms with van der Waals surface area (Å²) in [7, 11) is 3.49. The van der Waals surface area contributed by atoms with Crippen molar-refractivity contribution in [1.82, 2.24) is 15.1 Å². The van der Waals surface area contributed by atoms with E-state index in [1.807, 2.05) is 45.2 Å². The van der Waals surface area contributed by atoms with Crippen LogP contribution in [-0.2, 0) is 13.1 Å². The normalized spacial score (nSPS) is 10.7. The zero-order valence-corrected chi connectivity index (χ0v) is 13.6. The van der Waals surface area contributed by atoms with E-state index in [4.69, 9.17) is 4.74 Å². The van der Waals surface area contributed by atoms with Crippen LogP contribution in [0.1, 0.15) is 24.5 Å². The summed E-state index contributed by atoms with van der Waals surface area (Å²) in [6.45, 7) is 5.20. The second-order valence-corrected chi connectivity index (χ2v) is 5.30. The molecule has 0 aliphatic rings. The summed E-state index contributed by atoms with van der Waals surface area (Å²) >= 11 is 0. The molecule has 1 N–H and O–H groups in total. The highest BCUT2D eigenvalue weighted by atomic mass is 16.5. The maximum atomic E-state index is 12.3. The first-order valence-electron chi connectivity index (χ1n) is 7.51. The number of aromatic nitrogens is 2. The smallest absolute Gasteiger partial charge is 0.271 e. The standard InChI is InChI=1S/C17H23N3O2/c1-5-8-20-17(21)14(11-18-3)10-15(19-20)13-6-7-16(22-4)12(2)9-13/h6-7,9-10,18H,5,8,11H2,1-4H3. The van der Waals surface area contributed by atoms with Crippen molar-refractivity contribution in [3.05, 3.63) is 45.7 Å². The van der Waals surface area contributed by atoms with Crippen LogP contribution in [-0.4, -0.2) is 23.9 Å². The van der Waals surface area contributed by atoms with Crippen LogP contribution in [0, 0.1) is 6.92 Å². The Hall–Kier alpha value is -2.14. The molecule has 5 heteroatoms. The van der Waals surface area contributed by atoms with E-state index in [9.17, 15) is 4.79 Å². The van der Waals surface area contributed by atoms with Crippen LogP contribution >= 0.6 is 0 Å². The van der Waals surface area contributed by atoms with Gasteiger partial charge >= 0.3 is 0 Å². The number of nitrogens with zero attached hydrogens (tertiary/aromatic N) is 2. The summed E-state index contributed by atoms with van der Waals surface area (Å²) in [5.74, 6) is 0.848. The van der Waals surface area contributed by atoms with Crippen molar-refractivity contribution in [3.63, 3.8) is 0 Å². The average Bonchev–Trinajstić information content (AvgIpc) is 2.51. The van der Waals surface area contributed by atoms with Crippen molar-refractivity contribution in [1.29, 1.82) is 0 Å². The maximum Gasteiger partial charge on any atom is 0.271 e. The lowest BCUT2D eigenvalue weighted by Gasteiger charge is -2.11. The fourth-order valence-electron chi connectivity index (χ4n) is 2.46. The zero-order valence-electron chi connectivity index (χ0n) is 13.6. The van der Waals surface area contributed by atoms with E-state index in [1.54, 1.807) is 11.8 Å². The number of ether oxygens (including phenoxy) is 1. The highest BCUT2D eigenvalue weighted by Gasteiger charge is 2.10. The minimum Gasteiger partial charge on any atom is -0.496 e. The van der Waals surface area contributed by atoms with Crippen LogP contribution in [0.25, 0.3) is 11.3 Å². The molecule has 0 atom stereocenters. The Labute approximate surface area is 130 Å². The SMILES string of the molecule is CCCn1nc(-c2ccc(OC)c(C)c2)cc(CNC)c1=O. The van der Waals surface area contributed by atoms with Crippen molar-refractivity contribution in [3.8, 4) is 17.0 Å². The number of rotatable bonds is 6. The van der Waals surface area contributed by atoms with E-state index in [0.29, 0.717) is 13.1 Å². The fourth-order valence-corrected chi connectivity index (χ4v) is 2.46. The van der Waals surface area contributed by atoms with E-state index in [0.717, 1.165) is 34.6 Å². The van der Waals surface area contributed by atoms with Gasteiger partial charge in [-0.05, 0) is 50.2 Å². The highest BCUT2D eigenvalue weighted by Crippen LogP contribution is 2.24. The van der Waals surface area contributed by atoms with Crippen LogP contribution < -0.4 is 15.6 Å². The first-order chi connectivity index (χ1) is 10.6. The third kappa shape index (κ3) is 3.36. The number of nitrogens with one attached hydrogen (secondary N) is 1. The van der Waals surface area contributed by atoms with E-state index in [-0.39, 0.29) is 5.56 Å². The van der Waals surface area contributed by atoms with Crippen molar-refractivity contribution in [2.45, 2.75) is 33.4 Å². The monoisotopic (exact) mass is 301 g/mol. The molecule has 2 rings (SSSR count). The molecule has 1 aromatic carbocycles. The molecule has 1 aromatic heterocycles. The number of methoxy groups -OCH3 is 1. The summed E-state index contributed by atoms with van der Waals surface area (Å²) in [5.41, 5.74) is 3.55. The second kappa shape index (κ2) is 7.22. The molecule has 0 aliphatic heterocycles. The maximum absolute atomic E-state index is 12.3. The summed E-state index contributed by atoms with van der Waals surface area (Å²) in [6.07, 6.45) is 0.872. The molecule has 5 nitrogen and oxygen atoms in total. The van der Waals surface area contributed by atoms with Gasteiger partial charge in [0.2, 0.25) is 0 Å². The molecule has 0 aliphatic carbocycles. The quantitative estimate of drug-likeness (QED) is 0.890. The number of aryl methyl sites for hydroxylation is 2. The molecule has 118 valence electrons. The molecule has 0 spiro atoms. The van der Waals surface area contributed by atoms with Gasteiger partial charge in [-0.2, -0.15) is 5.10 Å². The third-order valence-electron chi connectivity index (χ3n) is 3.54. The molecule has 0 unspecified atom stereocenters. The predicted octanol–water partition coefficient (Wildman–Crippen LogP) is 2.36. The van der Waals surface area contributed by atoms with E-state index in [1.165, 1.54) is 0 Å². The minimum atomic E-state index is -0.0230. The molecule has 22 heavy (non-hydrogen) atoms. The van der Waals surface area contributed by atoms with E-state index in [2.05, 4.69) is 10.4 Å². The van der Waals surface area contributed by atoms with Gasteiger partial charge < -0.3 is 10.1 Å². The molecule has 0 saturated heterocycles. The van der Waals surface area contributed by atoms with Gasteiger partial charge in [0.15, 0.2) is 0 Å². The Kier molecular flexibility index (Phi) is 5.33. The lowest BCUT2D eigenvalue weighted by atomic mass is 10.1. The Morgan fingerprint density at radius 2 is 2.09 bits per heavy atom. The molecule has 0 amide bonds. The lowest BCUT2D eigenvalue weighted by molar-refractivity contribution is 0.412. The van der Waals surface area contributed by atoms with E-state index >= 15 is 0 Å². The van der Waals surface area contributed by atoms with Gasteiger partial charge in [0, 0.05) is 24.2 Å². The molecular weight excluding hydrogens is 278 g/mol. The average molecular weight is 301 g/mol. The van der Waals surface area contributed by atoms with Gasteiger partial charge in [0.25, 0.3) is 5.56 Å². The first kappa shape index (κ1) is 16.2. The largest absolute Gasteiger partial charge is 0.496 e. The van der Waals surface area contributed by atoms with Gasteiger partial charge in [-0.15, -0.1) is 0 Å². The minimum absolute atomic E-state index is 0.0230.